The maximum Gasteiger partial charge on any atom is 0.350 e. The van der Waals surface area contributed by atoms with E-state index in [1.54, 1.807) is 37.3 Å². The number of anilines is 1. The van der Waals surface area contributed by atoms with Crippen LogP contribution in [0.5, 0.6) is 5.75 Å². The van der Waals surface area contributed by atoms with Gasteiger partial charge in [-0.25, -0.2) is 4.79 Å². The maximum atomic E-state index is 12.4. The van der Waals surface area contributed by atoms with E-state index in [2.05, 4.69) is 10.6 Å². The molecule has 0 bridgehead atoms. The van der Waals surface area contributed by atoms with Crippen LogP contribution < -0.4 is 15.4 Å². The SMILES string of the molecule is CCOC(=O)c1sc(-c2ccccc2)cc1NC(=O)COC(=O)CNC(=O)COc1ccccc1. The highest BCUT2D eigenvalue weighted by Crippen LogP contribution is 2.35. The van der Waals surface area contributed by atoms with Crippen molar-refractivity contribution in [2.24, 2.45) is 0 Å². The van der Waals surface area contributed by atoms with Gasteiger partial charge in [0.25, 0.3) is 11.8 Å². The molecule has 3 rings (SSSR count). The summed E-state index contributed by atoms with van der Waals surface area (Å²) >= 11 is 1.18. The molecular formula is C25H24N2O7S. The zero-order valence-corrected chi connectivity index (χ0v) is 19.8. The lowest BCUT2D eigenvalue weighted by Gasteiger charge is -2.09. The number of nitrogens with one attached hydrogen (secondary N) is 2. The topological polar surface area (TPSA) is 120 Å². The third-order valence-electron chi connectivity index (χ3n) is 4.43. The molecule has 0 radical (unpaired) electrons. The van der Waals surface area contributed by atoms with Crippen molar-refractivity contribution in [3.8, 4) is 16.2 Å². The number of rotatable bonds is 11. The fraction of sp³-hybridized carbons (Fsp3) is 0.200. The highest BCUT2D eigenvalue weighted by atomic mass is 32.1. The van der Waals surface area contributed by atoms with E-state index in [0.29, 0.717) is 5.75 Å². The van der Waals surface area contributed by atoms with Gasteiger partial charge in [-0.05, 0) is 30.7 Å². The smallest absolute Gasteiger partial charge is 0.350 e. The van der Waals surface area contributed by atoms with Crippen molar-refractivity contribution in [2.45, 2.75) is 6.92 Å². The van der Waals surface area contributed by atoms with E-state index >= 15 is 0 Å². The van der Waals surface area contributed by atoms with Crippen molar-refractivity contribution < 1.29 is 33.4 Å². The molecule has 0 unspecified atom stereocenters. The Bertz CT molecular complexity index is 1160. The van der Waals surface area contributed by atoms with E-state index in [0.717, 1.165) is 10.4 Å². The lowest BCUT2D eigenvalue weighted by molar-refractivity contribution is -0.147. The van der Waals surface area contributed by atoms with Crippen molar-refractivity contribution in [1.82, 2.24) is 5.32 Å². The van der Waals surface area contributed by atoms with E-state index in [1.807, 2.05) is 36.4 Å². The van der Waals surface area contributed by atoms with Crippen LogP contribution in [-0.4, -0.2) is 50.1 Å². The third-order valence-corrected chi connectivity index (χ3v) is 5.60. The predicted octanol–water partition coefficient (Wildman–Crippen LogP) is 3.27. The van der Waals surface area contributed by atoms with Gasteiger partial charge in [-0.2, -0.15) is 0 Å². The molecule has 0 atom stereocenters. The molecule has 0 spiro atoms. The second kappa shape index (κ2) is 12.9. The molecule has 35 heavy (non-hydrogen) atoms. The summed E-state index contributed by atoms with van der Waals surface area (Å²) in [5.41, 5.74) is 1.14. The number of hydrogen-bond acceptors (Lipinski definition) is 8. The number of thiophene rings is 1. The molecule has 1 aromatic heterocycles. The van der Waals surface area contributed by atoms with Crippen LogP contribution in [0.15, 0.2) is 66.7 Å². The molecule has 0 aliphatic heterocycles. The molecule has 2 N–H and O–H groups in total. The minimum atomic E-state index is -0.797. The average molecular weight is 497 g/mol. The maximum absolute atomic E-state index is 12.4. The Morgan fingerprint density at radius 3 is 2.23 bits per heavy atom. The van der Waals surface area contributed by atoms with E-state index < -0.39 is 36.9 Å². The van der Waals surface area contributed by atoms with E-state index in [9.17, 15) is 19.2 Å². The monoisotopic (exact) mass is 496 g/mol. The number of esters is 2. The van der Waals surface area contributed by atoms with Crippen molar-refractivity contribution in [3.63, 3.8) is 0 Å². The molecule has 0 aliphatic rings. The van der Waals surface area contributed by atoms with Crippen LogP contribution >= 0.6 is 11.3 Å². The highest BCUT2D eigenvalue weighted by molar-refractivity contribution is 7.18. The number of benzene rings is 2. The Morgan fingerprint density at radius 2 is 1.54 bits per heavy atom. The highest BCUT2D eigenvalue weighted by Gasteiger charge is 2.20. The first-order chi connectivity index (χ1) is 17.0. The minimum absolute atomic E-state index is 0.185. The molecule has 9 nitrogen and oxygen atoms in total. The number of hydrogen-bond donors (Lipinski definition) is 2. The summed E-state index contributed by atoms with van der Waals surface area (Å²) in [6.45, 7) is 0.595. The van der Waals surface area contributed by atoms with Crippen LogP contribution in [0.25, 0.3) is 10.4 Å². The Balaban J connectivity index is 1.49. The van der Waals surface area contributed by atoms with Gasteiger partial charge in [-0.3, -0.25) is 14.4 Å². The number of para-hydroxylation sites is 1. The molecule has 0 saturated carbocycles. The number of ether oxygens (including phenoxy) is 3. The lowest BCUT2D eigenvalue weighted by Crippen LogP contribution is -2.35. The predicted molar refractivity (Wildman–Crippen MR) is 130 cm³/mol. The van der Waals surface area contributed by atoms with Crippen molar-refractivity contribution in [1.29, 1.82) is 0 Å². The van der Waals surface area contributed by atoms with Gasteiger partial charge in [0.05, 0.1) is 12.3 Å². The van der Waals surface area contributed by atoms with Gasteiger partial charge in [0.15, 0.2) is 13.2 Å². The molecule has 1 heterocycles. The van der Waals surface area contributed by atoms with E-state index in [4.69, 9.17) is 14.2 Å². The quantitative estimate of drug-likeness (QED) is 0.391. The molecular weight excluding hydrogens is 472 g/mol. The second-order valence-corrected chi connectivity index (χ2v) is 8.08. The average Bonchev–Trinajstić information content (AvgIpc) is 3.30. The van der Waals surface area contributed by atoms with Gasteiger partial charge in [0, 0.05) is 4.88 Å². The van der Waals surface area contributed by atoms with E-state index in [-0.39, 0.29) is 23.8 Å². The number of carbonyl (C=O) groups excluding carboxylic acids is 4. The van der Waals surface area contributed by atoms with Crippen molar-refractivity contribution in [2.75, 3.05) is 31.7 Å². The van der Waals surface area contributed by atoms with Gasteiger partial charge < -0.3 is 24.8 Å². The molecule has 0 aliphatic carbocycles. The van der Waals surface area contributed by atoms with Crippen LogP contribution in [0.1, 0.15) is 16.6 Å². The first-order valence-electron chi connectivity index (χ1n) is 10.7. The van der Waals surface area contributed by atoms with E-state index in [1.165, 1.54) is 11.3 Å². The minimum Gasteiger partial charge on any atom is -0.484 e. The van der Waals surface area contributed by atoms with Crippen molar-refractivity contribution >= 4 is 40.8 Å². The van der Waals surface area contributed by atoms with Crippen LogP contribution in [0.4, 0.5) is 5.69 Å². The van der Waals surface area contributed by atoms with Crippen LogP contribution in [0, 0.1) is 0 Å². The van der Waals surface area contributed by atoms with Gasteiger partial charge in [-0.15, -0.1) is 11.3 Å². The number of amides is 2. The summed E-state index contributed by atoms with van der Waals surface area (Å²) in [7, 11) is 0. The summed E-state index contributed by atoms with van der Waals surface area (Å²) in [5.74, 6) is -1.99. The van der Waals surface area contributed by atoms with Crippen LogP contribution in [-0.2, 0) is 23.9 Å². The third kappa shape index (κ3) is 7.97. The Hall–Kier alpha value is -4.18. The lowest BCUT2D eigenvalue weighted by atomic mass is 10.2. The fourth-order valence-electron chi connectivity index (χ4n) is 2.85. The van der Waals surface area contributed by atoms with Crippen LogP contribution in [0.2, 0.25) is 0 Å². The summed E-state index contributed by atoms with van der Waals surface area (Å²) in [5, 5.41) is 4.94. The second-order valence-electron chi connectivity index (χ2n) is 7.03. The van der Waals surface area contributed by atoms with Gasteiger partial charge in [-0.1, -0.05) is 48.5 Å². The first-order valence-corrected chi connectivity index (χ1v) is 11.5. The Kier molecular flexibility index (Phi) is 9.38. The molecule has 0 saturated heterocycles. The van der Waals surface area contributed by atoms with Gasteiger partial charge in [0.2, 0.25) is 0 Å². The Labute approximate surface area is 206 Å². The molecule has 182 valence electrons. The molecule has 3 aromatic rings. The first kappa shape index (κ1) is 25.4. The molecule has 0 fully saturated rings. The molecule has 2 aromatic carbocycles. The van der Waals surface area contributed by atoms with Crippen LogP contribution in [0.3, 0.4) is 0 Å². The van der Waals surface area contributed by atoms with Gasteiger partial charge >= 0.3 is 11.9 Å². The summed E-state index contributed by atoms with van der Waals surface area (Å²) in [6, 6.07) is 19.8. The molecule has 10 heteroatoms. The largest absolute Gasteiger partial charge is 0.484 e. The normalized spacial score (nSPS) is 10.2. The summed E-state index contributed by atoms with van der Waals surface area (Å²) < 4.78 is 15.3. The number of carbonyl (C=O) groups is 4. The zero-order valence-electron chi connectivity index (χ0n) is 18.9. The van der Waals surface area contributed by atoms with Gasteiger partial charge in [0.1, 0.15) is 17.2 Å². The summed E-state index contributed by atoms with van der Waals surface area (Å²) in [6.07, 6.45) is 0. The summed E-state index contributed by atoms with van der Waals surface area (Å²) in [4.78, 5) is 49.4. The standard InChI is InChI=1S/C25H24N2O7S/c1-2-32-25(31)24-19(13-20(35-24)17-9-5-3-6-10-17)27-22(29)16-34-23(30)14-26-21(28)15-33-18-11-7-4-8-12-18/h3-13H,2,14-16H2,1H3,(H,26,28)(H,27,29). The van der Waals surface area contributed by atoms with Crippen molar-refractivity contribution in [3.05, 3.63) is 71.6 Å². The fourth-order valence-corrected chi connectivity index (χ4v) is 3.86. The zero-order chi connectivity index (χ0) is 25.0. The molecule has 2 amide bonds. The Morgan fingerprint density at radius 1 is 0.857 bits per heavy atom.